The van der Waals surface area contributed by atoms with Crippen molar-refractivity contribution in [2.45, 2.75) is 41.8 Å². The van der Waals surface area contributed by atoms with Crippen LogP contribution in [0.25, 0.3) is 0 Å². The van der Waals surface area contributed by atoms with Crippen LogP contribution in [-0.2, 0) is 4.79 Å². The van der Waals surface area contributed by atoms with Gasteiger partial charge in [-0.2, -0.15) is 0 Å². The molecule has 0 aromatic carbocycles. The average molecular weight is 347 g/mol. The number of aliphatic hydroxyl groups is 1. The van der Waals surface area contributed by atoms with Gasteiger partial charge in [0, 0.05) is 0 Å². The van der Waals surface area contributed by atoms with E-state index in [9.17, 15) is 9.90 Å². The van der Waals surface area contributed by atoms with Crippen LogP contribution >= 0.6 is 0 Å². The third-order valence-corrected chi connectivity index (χ3v) is 8.49. The molecule has 17 heavy (non-hydrogen) atoms. The van der Waals surface area contributed by atoms with Gasteiger partial charge >= 0.3 is 112 Å². The second kappa shape index (κ2) is 4.12. The average Bonchev–Trinajstić information content (AvgIpc) is 2.62. The van der Waals surface area contributed by atoms with Gasteiger partial charge in [-0.15, -0.1) is 0 Å². The predicted octanol–water partition coefficient (Wildman–Crippen LogP) is 0.982. The molecule has 1 aliphatic carbocycles. The fourth-order valence-electron chi connectivity index (χ4n) is 3.03. The van der Waals surface area contributed by atoms with E-state index in [-0.39, 0.29) is 17.9 Å². The summed E-state index contributed by atoms with van der Waals surface area (Å²) in [5.74, 6) is 0.270. The summed E-state index contributed by atoms with van der Waals surface area (Å²) >= 11 is -0.559. The van der Waals surface area contributed by atoms with Crippen LogP contribution in [0.1, 0.15) is 26.2 Å². The molecule has 4 atom stereocenters. The minimum absolute atomic E-state index is 0.0875. The zero-order valence-electron chi connectivity index (χ0n) is 9.85. The summed E-state index contributed by atoms with van der Waals surface area (Å²) in [5, 5.41) is 13.6. The van der Waals surface area contributed by atoms with E-state index < -0.39 is 30.5 Å². The fourth-order valence-corrected chi connectivity index (χ4v) is 6.96. The Hall–Kier alpha value is -0.300. The van der Waals surface area contributed by atoms with Crippen molar-refractivity contribution in [2.24, 2.45) is 5.92 Å². The van der Waals surface area contributed by atoms with Gasteiger partial charge in [-0.1, -0.05) is 0 Å². The van der Waals surface area contributed by atoms with Crippen LogP contribution in [0.2, 0.25) is 3.46 Å². The molecule has 1 saturated heterocycles. The summed E-state index contributed by atoms with van der Waals surface area (Å²) in [4.78, 5) is 12.0. The Bertz CT molecular complexity index is 418. The number of rotatable bonds is 2. The van der Waals surface area contributed by atoms with E-state index in [1.165, 1.54) is 5.57 Å². The second-order valence-electron chi connectivity index (χ2n) is 5.15. The first-order chi connectivity index (χ1) is 8.16. The molecule has 0 bridgehead atoms. The maximum absolute atomic E-state index is 12.0. The Morgan fingerprint density at radius 1 is 1.65 bits per heavy atom. The van der Waals surface area contributed by atoms with Gasteiger partial charge in [0.25, 0.3) is 0 Å². The monoisotopic (exact) mass is 349 g/mol. The number of carbonyl (C=O) groups is 1. The zero-order valence-corrected chi connectivity index (χ0v) is 12.2. The van der Waals surface area contributed by atoms with Crippen molar-refractivity contribution < 1.29 is 9.90 Å². The van der Waals surface area contributed by atoms with Crippen molar-refractivity contribution in [2.75, 3.05) is 0 Å². The van der Waals surface area contributed by atoms with Gasteiger partial charge in [-0.05, 0) is 0 Å². The van der Waals surface area contributed by atoms with Gasteiger partial charge < -0.3 is 0 Å². The molecular formula is C13H17NO2Te. The zero-order chi connectivity index (χ0) is 12.0. The quantitative estimate of drug-likeness (QED) is 0.445. The molecule has 0 radical (unpaired) electrons. The maximum atomic E-state index is 12.0. The van der Waals surface area contributed by atoms with E-state index >= 15 is 0 Å². The minimum atomic E-state index is -0.559. The molecule has 2 aliphatic heterocycles. The topological polar surface area (TPSA) is 49.3 Å². The first-order valence-electron chi connectivity index (χ1n) is 6.16. The van der Waals surface area contributed by atoms with E-state index in [4.69, 9.17) is 0 Å². The van der Waals surface area contributed by atoms with Crippen molar-refractivity contribution in [3.63, 3.8) is 0 Å². The molecule has 0 unspecified atom stereocenters. The summed E-state index contributed by atoms with van der Waals surface area (Å²) in [6, 6.07) is 0.128. The molecule has 1 fully saturated rings. The van der Waals surface area contributed by atoms with Crippen LogP contribution in [0.3, 0.4) is 0 Å². The van der Waals surface area contributed by atoms with E-state index in [1.54, 1.807) is 0 Å². The third-order valence-electron chi connectivity index (χ3n) is 4.09. The van der Waals surface area contributed by atoms with Gasteiger partial charge in [0.05, 0.1) is 0 Å². The molecule has 2 N–H and O–H groups in total. The molecule has 2 heterocycles. The summed E-state index contributed by atoms with van der Waals surface area (Å²) in [6.45, 7) is 2.07. The Kier molecular flexibility index (Phi) is 2.85. The number of allylic oxidation sites excluding steroid dienone is 1. The van der Waals surface area contributed by atoms with Gasteiger partial charge in [-0.25, -0.2) is 0 Å². The van der Waals surface area contributed by atoms with E-state index in [1.807, 2.05) is 0 Å². The number of aliphatic hydroxyl groups excluding tert-OH is 1. The summed E-state index contributed by atoms with van der Waals surface area (Å²) in [5.41, 5.74) is 1.26. The van der Waals surface area contributed by atoms with E-state index in [2.05, 4.69) is 28.5 Å². The Morgan fingerprint density at radius 2 is 2.47 bits per heavy atom. The molecule has 0 aromatic rings. The van der Waals surface area contributed by atoms with Crippen molar-refractivity contribution in [1.29, 1.82) is 0 Å². The van der Waals surface area contributed by atoms with Gasteiger partial charge in [0.1, 0.15) is 0 Å². The molecule has 1 amide bonds. The molecule has 4 heteroatoms. The second-order valence-corrected chi connectivity index (χ2v) is 8.42. The van der Waals surface area contributed by atoms with Crippen molar-refractivity contribution in [3.05, 3.63) is 21.8 Å². The van der Waals surface area contributed by atoms with E-state index in [0.717, 1.165) is 19.3 Å². The first-order valence-corrected chi connectivity index (χ1v) is 8.67. The molecule has 3 nitrogen and oxygen atoms in total. The summed E-state index contributed by atoms with van der Waals surface area (Å²) in [6.07, 6.45) is 7.05. The van der Waals surface area contributed by atoms with Gasteiger partial charge in [0.2, 0.25) is 0 Å². The van der Waals surface area contributed by atoms with Crippen molar-refractivity contribution >= 4 is 26.8 Å². The van der Waals surface area contributed by atoms with Gasteiger partial charge in [-0.3, -0.25) is 0 Å². The molecule has 92 valence electrons. The molecule has 0 aromatic heterocycles. The number of hydrogen-bond acceptors (Lipinski definition) is 2. The van der Waals surface area contributed by atoms with E-state index in [0.29, 0.717) is 0 Å². The van der Waals surface area contributed by atoms with Crippen LogP contribution in [0, 0.1) is 5.92 Å². The van der Waals surface area contributed by atoms with Crippen LogP contribution in [0.4, 0.5) is 0 Å². The number of amides is 1. The van der Waals surface area contributed by atoms with Crippen LogP contribution < -0.4 is 5.32 Å². The molecular weight excluding hydrogens is 330 g/mol. The van der Waals surface area contributed by atoms with Crippen LogP contribution in [0.15, 0.2) is 21.8 Å². The first kappa shape index (κ1) is 11.8. The molecule has 3 aliphatic rings. The fraction of sp³-hybridized carbons (Fsp3) is 0.615. The molecule has 0 spiro atoms. The van der Waals surface area contributed by atoms with Crippen LogP contribution in [-0.4, -0.2) is 44.1 Å². The number of carbonyl (C=O) groups excluding carboxylic acids is 1. The standard InChI is InChI=1S/C13H17NO2Te/c1-8-7-17-13(10(8)14-12(13)16)11(15)9-5-3-2-4-6-9/h3,5,7,9-11,15H,2,4,6H2,1H3,(H,14,16)/t9-,10-,11-,13-/m0/s1. The number of hydrogen-bond donors (Lipinski definition) is 2. The third kappa shape index (κ3) is 1.54. The Labute approximate surface area is 111 Å². The van der Waals surface area contributed by atoms with Crippen LogP contribution in [0.5, 0.6) is 0 Å². The molecule has 3 rings (SSSR count). The number of fused-ring (bicyclic) bond motifs is 1. The summed E-state index contributed by atoms with van der Waals surface area (Å²) < 4.78 is 1.80. The number of β-lactam (4-membered cyclic amide) rings is 1. The SMILES string of the molecule is CC1=C[Te][C@@]2([C@@H](O)[C@H]3C=CCCC3)C(=O)N[C@@H]12. The van der Waals surface area contributed by atoms with Crippen molar-refractivity contribution in [1.82, 2.24) is 5.32 Å². The number of nitrogens with one attached hydrogen (secondary N) is 1. The Balaban J connectivity index is 1.85. The normalized spacial score (nSPS) is 41.3. The predicted molar refractivity (Wildman–Crippen MR) is 66.6 cm³/mol. The Morgan fingerprint density at radius 3 is 3.06 bits per heavy atom. The van der Waals surface area contributed by atoms with Gasteiger partial charge in [0.15, 0.2) is 0 Å². The molecule has 0 saturated carbocycles. The van der Waals surface area contributed by atoms with Crippen molar-refractivity contribution in [3.8, 4) is 0 Å². The summed E-state index contributed by atoms with van der Waals surface area (Å²) in [7, 11) is 0.